The summed E-state index contributed by atoms with van der Waals surface area (Å²) in [5, 5.41) is 0. The Morgan fingerprint density at radius 2 is 1.69 bits per heavy atom. The molecule has 1 fully saturated rings. The van der Waals surface area contributed by atoms with Crippen molar-refractivity contribution in [3.05, 3.63) is 0 Å². The van der Waals surface area contributed by atoms with Crippen LogP contribution in [-0.2, 0) is 0 Å². The van der Waals surface area contributed by atoms with Gasteiger partial charge in [-0.25, -0.2) is 0 Å². The number of likely N-dealkylation sites (tertiary alicyclic amines) is 1. The third kappa shape index (κ3) is 2.46. The fraction of sp³-hybridized carbons (Fsp3) is 1.00. The lowest BCUT2D eigenvalue weighted by molar-refractivity contribution is 0.0744. The molecule has 1 nitrogen and oxygen atoms in total. The summed E-state index contributed by atoms with van der Waals surface area (Å²) in [6.45, 7) is 9.46. The summed E-state index contributed by atoms with van der Waals surface area (Å²) in [5.74, 6) is 1.88. The van der Waals surface area contributed by atoms with Crippen molar-refractivity contribution in [1.82, 2.24) is 4.90 Å². The molecule has 1 saturated heterocycles. The number of nitrogens with zero attached hydrogens (tertiary/aromatic N) is 1. The summed E-state index contributed by atoms with van der Waals surface area (Å²) in [4.78, 5) is 2.53. The molecule has 0 aromatic carbocycles. The first-order valence-corrected chi connectivity index (χ1v) is 5.78. The van der Waals surface area contributed by atoms with E-state index < -0.39 is 0 Å². The Labute approximate surface area is 83.5 Å². The molecule has 13 heavy (non-hydrogen) atoms. The van der Waals surface area contributed by atoms with Crippen molar-refractivity contribution in [3.8, 4) is 0 Å². The van der Waals surface area contributed by atoms with Crippen LogP contribution in [0.3, 0.4) is 0 Å². The van der Waals surface area contributed by atoms with Crippen molar-refractivity contribution in [1.29, 1.82) is 0 Å². The maximum Gasteiger partial charge on any atom is 0.00694 e. The molecule has 4 atom stereocenters. The Morgan fingerprint density at radius 1 is 1.23 bits per heavy atom. The summed E-state index contributed by atoms with van der Waals surface area (Å²) in [6.07, 6.45) is 4.14. The molecule has 1 aliphatic heterocycles. The van der Waals surface area contributed by atoms with Crippen LogP contribution >= 0.6 is 0 Å². The molecule has 1 heterocycles. The summed E-state index contributed by atoms with van der Waals surface area (Å²) in [6, 6.07) is 1.56. The first-order chi connectivity index (χ1) is 6.06. The van der Waals surface area contributed by atoms with E-state index in [1.54, 1.807) is 0 Å². The molecule has 1 heteroatoms. The topological polar surface area (TPSA) is 3.24 Å². The average molecular weight is 183 g/mol. The van der Waals surface area contributed by atoms with Gasteiger partial charge in [0.2, 0.25) is 0 Å². The smallest absolute Gasteiger partial charge is 0.00694 e. The molecule has 1 aliphatic rings. The van der Waals surface area contributed by atoms with Gasteiger partial charge in [0.05, 0.1) is 0 Å². The van der Waals surface area contributed by atoms with Gasteiger partial charge in [-0.3, -0.25) is 0 Å². The fourth-order valence-electron chi connectivity index (χ4n) is 2.54. The largest absolute Gasteiger partial charge is 0.301 e. The summed E-state index contributed by atoms with van der Waals surface area (Å²) < 4.78 is 0. The van der Waals surface area contributed by atoms with Crippen molar-refractivity contribution in [2.24, 2.45) is 11.8 Å². The molecule has 0 aromatic rings. The molecular weight excluding hydrogens is 158 g/mol. The summed E-state index contributed by atoms with van der Waals surface area (Å²) >= 11 is 0. The van der Waals surface area contributed by atoms with Crippen molar-refractivity contribution >= 4 is 0 Å². The number of rotatable bonds is 2. The van der Waals surface area contributed by atoms with Gasteiger partial charge in [-0.2, -0.15) is 0 Å². The molecule has 0 saturated carbocycles. The van der Waals surface area contributed by atoms with Crippen LogP contribution in [0.15, 0.2) is 0 Å². The highest BCUT2D eigenvalue weighted by molar-refractivity contribution is 4.84. The van der Waals surface area contributed by atoms with Crippen LogP contribution in [0.5, 0.6) is 0 Å². The lowest BCUT2D eigenvalue weighted by Crippen LogP contribution is -2.45. The van der Waals surface area contributed by atoms with E-state index >= 15 is 0 Å². The Hall–Kier alpha value is -0.0400. The van der Waals surface area contributed by atoms with Gasteiger partial charge in [-0.15, -0.1) is 0 Å². The van der Waals surface area contributed by atoms with E-state index in [4.69, 9.17) is 0 Å². The van der Waals surface area contributed by atoms with Crippen molar-refractivity contribution in [3.63, 3.8) is 0 Å². The predicted octanol–water partition coefficient (Wildman–Crippen LogP) is 3.15. The third-order valence-electron chi connectivity index (χ3n) is 4.13. The molecule has 1 rings (SSSR count). The van der Waals surface area contributed by atoms with E-state index in [1.165, 1.54) is 19.3 Å². The fourth-order valence-corrected chi connectivity index (χ4v) is 2.54. The van der Waals surface area contributed by atoms with Crippen LogP contribution in [0, 0.1) is 11.8 Å². The molecule has 0 aromatic heterocycles. The zero-order valence-electron chi connectivity index (χ0n) is 9.88. The second-order valence-corrected chi connectivity index (χ2v) is 4.98. The minimum Gasteiger partial charge on any atom is -0.301 e. The van der Waals surface area contributed by atoms with Crippen LogP contribution in [0.4, 0.5) is 0 Å². The Balaban J connectivity index is 2.53. The van der Waals surface area contributed by atoms with E-state index in [2.05, 4.69) is 39.6 Å². The number of piperidine rings is 1. The average Bonchev–Trinajstić information content (AvgIpc) is 2.12. The van der Waals surface area contributed by atoms with E-state index in [1.807, 2.05) is 0 Å². The number of hydrogen-bond acceptors (Lipinski definition) is 1. The van der Waals surface area contributed by atoms with Gasteiger partial charge in [0.15, 0.2) is 0 Å². The maximum atomic E-state index is 2.53. The zero-order valence-corrected chi connectivity index (χ0v) is 9.88. The highest BCUT2D eigenvalue weighted by Crippen LogP contribution is 2.32. The van der Waals surface area contributed by atoms with E-state index in [9.17, 15) is 0 Å². The number of hydrogen-bond donors (Lipinski definition) is 0. The van der Waals surface area contributed by atoms with Gasteiger partial charge in [0.1, 0.15) is 0 Å². The van der Waals surface area contributed by atoms with Crippen LogP contribution < -0.4 is 0 Å². The first kappa shape index (κ1) is 11.0. The standard InChI is InChI=1S/C12H25N/c1-6-9(2)12-7-10(3)13(5)11(4)8-12/h9-12H,6-8H2,1-5H3/t9?,10-,11+,12?. The first-order valence-electron chi connectivity index (χ1n) is 5.78. The molecule has 0 radical (unpaired) electrons. The molecule has 0 aliphatic carbocycles. The van der Waals surface area contributed by atoms with Crippen LogP contribution in [-0.4, -0.2) is 24.0 Å². The van der Waals surface area contributed by atoms with Gasteiger partial charge in [-0.1, -0.05) is 20.3 Å². The van der Waals surface area contributed by atoms with Crippen molar-refractivity contribution in [2.45, 2.75) is 59.0 Å². The monoisotopic (exact) mass is 183 g/mol. The third-order valence-corrected chi connectivity index (χ3v) is 4.13. The lowest BCUT2D eigenvalue weighted by atomic mass is 9.79. The van der Waals surface area contributed by atoms with E-state index in [0.717, 1.165) is 23.9 Å². The highest BCUT2D eigenvalue weighted by atomic mass is 15.2. The minimum absolute atomic E-state index is 0.780. The molecule has 78 valence electrons. The van der Waals surface area contributed by atoms with Gasteiger partial charge < -0.3 is 4.90 Å². The van der Waals surface area contributed by atoms with Crippen LogP contribution in [0.2, 0.25) is 0 Å². The lowest BCUT2D eigenvalue weighted by Gasteiger charge is -2.42. The second-order valence-electron chi connectivity index (χ2n) is 4.98. The van der Waals surface area contributed by atoms with Crippen molar-refractivity contribution < 1.29 is 0 Å². The molecule has 0 bridgehead atoms. The molecular formula is C12H25N. The summed E-state index contributed by atoms with van der Waals surface area (Å²) in [5.41, 5.74) is 0. The van der Waals surface area contributed by atoms with E-state index in [-0.39, 0.29) is 0 Å². The van der Waals surface area contributed by atoms with Crippen molar-refractivity contribution in [2.75, 3.05) is 7.05 Å². The van der Waals surface area contributed by atoms with Gasteiger partial charge in [0, 0.05) is 12.1 Å². The minimum atomic E-state index is 0.780. The quantitative estimate of drug-likeness (QED) is 0.635. The zero-order chi connectivity index (χ0) is 10.0. The predicted molar refractivity (Wildman–Crippen MR) is 58.9 cm³/mol. The van der Waals surface area contributed by atoms with Gasteiger partial charge in [0.25, 0.3) is 0 Å². The normalized spacial score (nSPS) is 39.0. The Kier molecular flexibility index (Phi) is 3.78. The van der Waals surface area contributed by atoms with Crippen LogP contribution in [0.1, 0.15) is 47.0 Å². The Bertz CT molecular complexity index is 143. The van der Waals surface area contributed by atoms with Gasteiger partial charge >= 0.3 is 0 Å². The van der Waals surface area contributed by atoms with E-state index in [0.29, 0.717) is 0 Å². The molecule has 2 unspecified atom stereocenters. The second kappa shape index (κ2) is 4.45. The highest BCUT2D eigenvalue weighted by Gasteiger charge is 2.30. The van der Waals surface area contributed by atoms with Gasteiger partial charge in [-0.05, 0) is 45.6 Å². The molecule has 0 N–H and O–H groups in total. The summed E-state index contributed by atoms with van der Waals surface area (Å²) in [7, 11) is 2.27. The maximum absolute atomic E-state index is 2.53. The van der Waals surface area contributed by atoms with Crippen LogP contribution in [0.25, 0.3) is 0 Å². The molecule has 0 spiro atoms. The SMILES string of the molecule is CCC(C)C1C[C@@H](C)N(C)[C@@H](C)C1. The molecule has 0 amide bonds. The Morgan fingerprint density at radius 3 is 2.08 bits per heavy atom.